The molecule has 37 nitrogen and oxygen atoms in total. The molecule has 8 rings (SSSR count). The molecular formula is C79H101N8O29P3+2. The third kappa shape index (κ3) is 27.4. The summed E-state index contributed by atoms with van der Waals surface area (Å²) in [5, 5.41) is 80.8. The average Bonchev–Trinajstić information content (AvgIpc) is 0.440. The van der Waals surface area contributed by atoms with E-state index in [1.165, 1.54) is 101 Å². The Balaban J connectivity index is 0.000000345. The number of fused-ring (bicyclic) bond motifs is 3. The summed E-state index contributed by atoms with van der Waals surface area (Å²) in [5.74, 6) is -6.60. The SMILES string of the molecule is CCCCC[C@@H]1NC(=O)[C@H](C(C)CC)NC(=O)c2cc(C(=O)NCCOCCC(=O)CCC(O)C[n+]3cccc(CC(O)(P(=O)(O)O)P(=O)(O)O)c3)ccc2NCc2ccc(C(=O)O)cc2NC1=O.Cc1ccc2c(=O)cc(-c3ccc(C(=O)NCCOCCC(=O)CCC(O)C[n+]4cccc(CC(O)(C(=O)O)P(=O)(O)O)c4)cc3)oc2c1O. The zero-order chi connectivity index (χ0) is 87.7. The molecule has 0 bridgehead atoms. The van der Waals surface area contributed by atoms with Crippen LogP contribution in [0.15, 0.2) is 137 Å². The zero-order valence-corrected chi connectivity index (χ0v) is 68.3. The summed E-state index contributed by atoms with van der Waals surface area (Å²) in [7, 11) is -16.8. The van der Waals surface area contributed by atoms with Crippen LogP contribution in [0.1, 0.15) is 155 Å². The number of phenolic OH excluding ortho intramolecular Hbond substituents is 1. The normalized spacial score (nSPS) is 15.4. The van der Waals surface area contributed by atoms with Crippen LogP contribution in [-0.2, 0) is 79.6 Å². The number of carbonyl (C=O) groups is 9. The van der Waals surface area contributed by atoms with Gasteiger partial charge in [-0.3, -0.25) is 52.1 Å². The number of aliphatic hydroxyl groups excluding tert-OH is 2. The number of nitrogens with one attached hydrogen (secondary N) is 6. The van der Waals surface area contributed by atoms with Gasteiger partial charge in [0.05, 0.1) is 42.9 Å². The first-order valence-electron chi connectivity index (χ1n) is 38.0. The van der Waals surface area contributed by atoms with Gasteiger partial charge in [-0.1, -0.05) is 70.7 Å². The predicted molar refractivity (Wildman–Crippen MR) is 427 cm³/mol. The molecule has 7 aromatic rings. The summed E-state index contributed by atoms with van der Waals surface area (Å²) in [6.07, 6.45) is 4.96. The third-order valence-electron chi connectivity index (χ3n) is 19.6. The van der Waals surface area contributed by atoms with Gasteiger partial charge in [0.2, 0.25) is 11.8 Å². The number of ketones is 2. The zero-order valence-electron chi connectivity index (χ0n) is 65.6. The highest BCUT2D eigenvalue weighted by atomic mass is 31.2. The van der Waals surface area contributed by atoms with E-state index in [2.05, 4.69) is 31.9 Å². The van der Waals surface area contributed by atoms with E-state index < -0.39 is 106 Å². The minimum absolute atomic E-state index is 0.00315. The average molecular weight is 1720 g/mol. The molecule has 4 unspecified atom stereocenters. The van der Waals surface area contributed by atoms with Gasteiger partial charge >= 0.3 is 34.7 Å². The van der Waals surface area contributed by atoms with Crippen molar-refractivity contribution < 1.29 is 145 Å². The van der Waals surface area contributed by atoms with Crippen LogP contribution in [0.5, 0.6) is 5.75 Å². The molecule has 644 valence electrons. The largest absolute Gasteiger partial charge is 0.504 e. The minimum atomic E-state index is -5.68. The number of aromatic carboxylic acids is 1. The Kier molecular flexibility index (Phi) is 35.2. The first-order chi connectivity index (χ1) is 56.1. The molecule has 1 aliphatic heterocycles. The van der Waals surface area contributed by atoms with Crippen molar-refractivity contribution in [1.82, 2.24) is 21.3 Å². The van der Waals surface area contributed by atoms with Gasteiger partial charge < -0.3 is 111 Å². The van der Waals surface area contributed by atoms with E-state index in [0.717, 1.165) is 12.8 Å². The number of aromatic hydroxyl groups is 1. The Hall–Kier alpha value is -10.2. The van der Waals surface area contributed by atoms with Crippen LogP contribution < -0.4 is 46.5 Å². The Morgan fingerprint density at radius 1 is 0.639 bits per heavy atom. The Labute approximate surface area is 682 Å². The van der Waals surface area contributed by atoms with E-state index in [0.29, 0.717) is 41.5 Å². The lowest BCUT2D eigenvalue weighted by Gasteiger charge is -2.28. The summed E-state index contributed by atoms with van der Waals surface area (Å²) in [6, 6.07) is 23.0. The number of aliphatic carboxylic acids is 1. The molecule has 0 saturated heterocycles. The second-order valence-corrected chi connectivity index (χ2v) is 34.6. The molecule has 0 saturated carbocycles. The molecule has 4 aromatic carbocycles. The fraction of sp³-hybridized carbons (Fsp3) is 0.418. The highest BCUT2D eigenvalue weighted by Gasteiger charge is 2.59. The topological polar surface area (TPSA) is 596 Å². The molecule has 19 N–H and O–H groups in total. The molecule has 0 fully saturated rings. The van der Waals surface area contributed by atoms with Crippen molar-refractivity contribution in [2.45, 2.75) is 166 Å². The van der Waals surface area contributed by atoms with E-state index in [1.54, 1.807) is 50.2 Å². The fourth-order valence-corrected chi connectivity index (χ4v) is 15.1. The maximum atomic E-state index is 14.1. The molecule has 5 amide bonds. The number of phenols is 1. The Bertz CT molecular complexity index is 4990. The van der Waals surface area contributed by atoms with Crippen molar-refractivity contribution in [3.8, 4) is 17.1 Å². The van der Waals surface area contributed by atoms with E-state index in [9.17, 15) is 122 Å². The van der Waals surface area contributed by atoms with Crippen molar-refractivity contribution in [3.05, 3.63) is 183 Å². The lowest BCUT2D eigenvalue weighted by molar-refractivity contribution is -0.704. The molecule has 3 aromatic heterocycles. The maximum Gasteiger partial charge on any atom is 0.369 e. The molecule has 0 radical (unpaired) electrons. The summed E-state index contributed by atoms with van der Waals surface area (Å²) in [6.45, 7) is 7.76. The number of Topliss-reactive ketones (excluding diaryl/α,β-unsaturated/α-hetero) is 2. The van der Waals surface area contributed by atoms with E-state index in [1.807, 2.05) is 13.8 Å². The number of carbonyl (C=O) groups excluding carboxylic acids is 7. The molecule has 0 spiro atoms. The number of aryl methyl sites for hydroxylation is 1. The van der Waals surface area contributed by atoms with Crippen LogP contribution in [0.2, 0.25) is 0 Å². The number of anilines is 2. The first-order valence-corrected chi connectivity index (χ1v) is 42.9. The quantitative estimate of drug-likeness (QED) is 0.0144. The number of aromatic nitrogens is 2. The molecule has 0 aliphatic carbocycles. The number of nitrogens with zero attached hydrogens (tertiary/aromatic N) is 2. The van der Waals surface area contributed by atoms with E-state index in [-0.39, 0.29) is 188 Å². The van der Waals surface area contributed by atoms with Crippen molar-refractivity contribution in [2.75, 3.05) is 50.2 Å². The van der Waals surface area contributed by atoms with Gasteiger partial charge in [0.15, 0.2) is 54.6 Å². The molecule has 40 heteroatoms. The van der Waals surface area contributed by atoms with Gasteiger partial charge in [-0.2, -0.15) is 0 Å². The van der Waals surface area contributed by atoms with E-state index in [4.69, 9.17) is 19.0 Å². The van der Waals surface area contributed by atoms with Gasteiger partial charge in [0.1, 0.15) is 41.6 Å². The number of aliphatic hydroxyl groups is 4. The molecule has 4 heterocycles. The highest BCUT2D eigenvalue weighted by molar-refractivity contribution is 7.72. The first kappa shape index (κ1) is 96.0. The molecule has 119 heavy (non-hydrogen) atoms. The van der Waals surface area contributed by atoms with Crippen molar-refractivity contribution in [2.24, 2.45) is 5.92 Å². The van der Waals surface area contributed by atoms with E-state index >= 15 is 0 Å². The number of hydrogen-bond acceptors (Lipinski definition) is 22. The molecule has 1 aliphatic rings. The van der Waals surface area contributed by atoms with Crippen LogP contribution in [0, 0.1) is 12.8 Å². The second kappa shape index (κ2) is 43.7. The van der Waals surface area contributed by atoms with Crippen LogP contribution in [0.25, 0.3) is 22.3 Å². The van der Waals surface area contributed by atoms with Gasteiger partial charge in [0, 0.05) is 116 Å². The van der Waals surface area contributed by atoms with Gasteiger partial charge in [0.25, 0.3) is 28.1 Å². The van der Waals surface area contributed by atoms with Crippen LogP contribution in [0.3, 0.4) is 0 Å². The van der Waals surface area contributed by atoms with Crippen LogP contribution in [0.4, 0.5) is 11.4 Å². The minimum Gasteiger partial charge on any atom is -0.504 e. The maximum absolute atomic E-state index is 14.1. The second-order valence-electron chi connectivity index (χ2n) is 28.7. The standard InChI is InChI=1S/C45H62N6O16P2.C34H37N2O13P/c1-4-6-7-10-37-42(56)49-38-23-31(44(58)59)11-12-32(38)25-47-36-16-13-30(22-35(36)41(55)50-39(28(3)5-2)43(57)48-37)40(54)46-18-21-67-20-17-33(52)14-15-34(53)27-51-19-8-9-29(26-51)24-45(60,68(61,62)63)69(64,65)66;1-21-4-11-27-28(39)17-29(49-31(27)30(21)40)23-5-7-24(8-6-23)32(41)35-13-16-48-15-12-25(37)9-10-26(38)20-36-14-2-3-22(19-36)18-34(44,33(42)43)50(45,46)47/h8-9,11-13,16,19,22-23,26,28,34,37,39,53,60H,4-7,10,14-15,17-18,20-21,24-25,27H2,1-3H3,(H9-,46,47,48,49,50,54,55,56,57,58,59,61,62,63,64,65,66);2-8,11,14,17,19,26,38,44H,9-10,12-13,15-16,18,20H2,1H3,(H4-,35,40,41,42,43,45,46,47)/p+2/t28?,34?,37-,39-;/m0./s1. The smallest absolute Gasteiger partial charge is 0.369 e. The fourth-order valence-electron chi connectivity index (χ4n) is 12.4. The summed E-state index contributed by atoms with van der Waals surface area (Å²) >= 11 is 0. The van der Waals surface area contributed by atoms with Gasteiger partial charge in [-0.25, -0.2) is 18.7 Å². The number of ether oxygens (including phenoxy) is 2. The van der Waals surface area contributed by atoms with Gasteiger partial charge in [-0.05, 0) is 104 Å². The lowest BCUT2D eigenvalue weighted by Crippen LogP contribution is -2.55. The number of pyridine rings is 2. The Morgan fingerprint density at radius 2 is 1.19 bits per heavy atom. The third-order valence-corrected chi connectivity index (χ3v) is 24.6. The molecular weight excluding hydrogens is 1620 g/mol. The number of carboxylic acid groups (broad SMARTS) is 2. The highest BCUT2D eigenvalue weighted by Crippen LogP contribution is 2.68. The van der Waals surface area contributed by atoms with Crippen molar-refractivity contribution >= 4 is 98.2 Å². The number of benzene rings is 4. The predicted octanol–water partition coefficient (Wildman–Crippen LogP) is 4.34. The van der Waals surface area contributed by atoms with Crippen LogP contribution >= 0.6 is 22.8 Å². The van der Waals surface area contributed by atoms with Crippen LogP contribution in [-0.4, -0.2) is 192 Å². The lowest BCUT2D eigenvalue weighted by atomic mass is 9.96. The Morgan fingerprint density at radius 3 is 1.73 bits per heavy atom. The summed E-state index contributed by atoms with van der Waals surface area (Å²) < 4.78 is 54.7. The number of hydrogen-bond donors (Lipinski definition) is 19. The van der Waals surface area contributed by atoms with Crippen molar-refractivity contribution in [3.63, 3.8) is 0 Å². The summed E-state index contributed by atoms with van der Waals surface area (Å²) in [5.41, 5.74) is 2.37. The van der Waals surface area contributed by atoms with Crippen molar-refractivity contribution in [1.29, 1.82) is 0 Å². The van der Waals surface area contributed by atoms with Gasteiger partial charge in [-0.15, -0.1) is 0 Å². The number of unbranched alkanes of at least 4 members (excludes halogenated alkanes) is 2. The number of rotatable bonds is 40. The monoisotopic (exact) mass is 1720 g/mol. The molecule has 6 atom stereocenters. The summed E-state index contributed by atoms with van der Waals surface area (Å²) in [4.78, 5) is 185. The number of amides is 5. The number of carboxylic acids is 2.